The molecule has 0 saturated heterocycles. The Hall–Kier alpha value is -4.62. The third kappa shape index (κ3) is 3.09. The van der Waals surface area contributed by atoms with E-state index in [1.54, 1.807) is 0 Å². The zero-order valence-corrected chi connectivity index (χ0v) is 23.0. The molecule has 1 heterocycles. The van der Waals surface area contributed by atoms with Gasteiger partial charge in [0, 0.05) is 16.5 Å². The lowest BCUT2D eigenvalue weighted by atomic mass is 9.67. The summed E-state index contributed by atoms with van der Waals surface area (Å²) in [6.45, 7) is 7.08. The first-order valence-corrected chi connectivity index (χ1v) is 14.1. The maximum Gasteiger partial charge on any atom is 0.132 e. The summed E-state index contributed by atoms with van der Waals surface area (Å²) >= 11 is 0. The molecule has 6 aromatic rings. The minimum absolute atomic E-state index is 0.0919. The van der Waals surface area contributed by atoms with Crippen LogP contribution in [0.3, 0.4) is 0 Å². The number of benzene rings is 6. The van der Waals surface area contributed by atoms with Gasteiger partial charge in [0.05, 0.1) is 5.41 Å². The third-order valence-corrected chi connectivity index (χ3v) is 9.38. The molecule has 1 heteroatoms. The first kappa shape index (κ1) is 23.3. The number of fused-ring (bicyclic) bond motifs is 6. The van der Waals surface area contributed by atoms with Crippen molar-refractivity contribution in [2.24, 2.45) is 0 Å². The molecular formula is C39H30O. The minimum atomic E-state index is -0.364. The molecule has 0 aromatic heterocycles. The molecule has 8 rings (SSSR count). The Morgan fingerprint density at radius 2 is 1.15 bits per heavy atom. The second kappa shape index (κ2) is 8.19. The Labute approximate surface area is 235 Å². The molecule has 1 aliphatic heterocycles. The molecule has 6 aromatic carbocycles. The first-order chi connectivity index (χ1) is 19.5. The minimum Gasteiger partial charge on any atom is -0.457 e. The van der Waals surface area contributed by atoms with Crippen molar-refractivity contribution < 1.29 is 4.74 Å². The zero-order chi connectivity index (χ0) is 27.1. The Bertz CT molecular complexity index is 1960. The maximum absolute atomic E-state index is 6.58. The summed E-state index contributed by atoms with van der Waals surface area (Å²) in [5.41, 5.74) is 11.2. The molecule has 0 N–H and O–H groups in total. The summed E-state index contributed by atoms with van der Waals surface area (Å²) in [5.74, 6) is 1.85. The van der Waals surface area contributed by atoms with Crippen LogP contribution in [0.5, 0.6) is 11.5 Å². The van der Waals surface area contributed by atoms with E-state index < -0.39 is 0 Å². The summed E-state index contributed by atoms with van der Waals surface area (Å²) in [4.78, 5) is 0. The van der Waals surface area contributed by atoms with Gasteiger partial charge in [-0.3, -0.25) is 0 Å². The Balaban J connectivity index is 1.36. The van der Waals surface area contributed by atoms with Crippen molar-refractivity contribution in [2.45, 2.75) is 31.6 Å². The van der Waals surface area contributed by atoms with Crippen molar-refractivity contribution in [2.75, 3.05) is 0 Å². The van der Waals surface area contributed by atoms with Gasteiger partial charge in [0.1, 0.15) is 11.5 Å². The molecule has 1 atom stereocenters. The fraction of sp³-hybridized carbons (Fsp3) is 0.128. The van der Waals surface area contributed by atoms with E-state index in [-0.39, 0.29) is 10.8 Å². The number of hydrogen-bond donors (Lipinski definition) is 0. The van der Waals surface area contributed by atoms with Gasteiger partial charge in [-0.2, -0.15) is 0 Å². The van der Waals surface area contributed by atoms with Gasteiger partial charge >= 0.3 is 0 Å². The normalized spacial score (nSPS) is 17.9. The Morgan fingerprint density at radius 1 is 0.475 bits per heavy atom. The molecule has 40 heavy (non-hydrogen) atoms. The van der Waals surface area contributed by atoms with Gasteiger partial charge in [-0.15, -0.1) is 0 Å². The first-order valence-electron chi connectivity index (χ1n) is 14.1. The molecule has 2 aliphatic rings. The molecule has 0 radical (unpaired) electrons. The van der Waals surface area contributed by atoms with E-state index in [0.717, 1.165) is 11.5 Å². The van der Waals surface area contributed by atoms with Crippen molar-refractivity contribution >= 4 is 10.8 Å². The molecule has 0 spiro atoms. The summed E-state index contributed by atoms with van der Waals surface area (Å²) in [5, 5.41) is 2.59. The standard InChI is InChI=1S/C39H30O/c1-38(2)33-24-27(20-21-30(33)31-22-25-12-7-8-13-26(25)23-34(31)38)29-16-11-19-36-37(29)39(3,28-14-5-4-6-15-28)32-17-9-10-18-35(32)40-36/h4-24H,1-3H3. The van der Waals surface area contributed by atoms with Gasteiger partial charge in [-0.25, -0.2) is 0 Å². The Kier molecular flexibility index (Phi) is 4.77. The van der Waals surface area contributed by atoms with Crippen LogP contribution in [0.1, 0.15) is 48.6 Å². The monoisotopic (exact) mass is 514 g/mol. The second-order valence-corrected chi connectivity index (χ2v) is 11.9. The zero-order valence-electron chi connectivity index (χ0n) is 23.0. The van der Waals surface area contributed by atoms with Crippen LogP contribution >= 0.6 is 0 Å². The molecule has 1 unspecified atom stereocenters. The summed E-state index contributed by atoms with van der Waals surface area (Å²) < 4.78 is 6.58. The van der Waals surface area contributed by atoms with Gasteiger partial charge in [0.2, 0.25) is 0 Å². The fourth-order valence-corrected chi connectivity index (χ4v) is 7.25. The summed E-state index contributed by atoms with van der Waals surface area (Å²) in [6, 6.07) is 46.4. The predicted octanol–water partition coefficient (Wildman–Crippen LogP) is 10.3. The van der Waals surface area contributed by atoms with Crippen molar-refractivity contribution in [1.82, 2.24) is 0 Å². The molecule has 192 valence electrons. The highest BCUT2D eigenvalue weighted by atomic mass is 16.5. The average molecular weight is 515 g/mol. The number of para-hydroxylation sites is 1. The summed E-state index contributed by atoms with van der Waals surface area (Å²) in [7, 11) is 0. The molecule has 0 saturated carbocycles. The Morgan fingerprint density at radius 3 is 1.98 bits per heavy atom. The second-order valence-electron chi connectivity index (χ2n) is 11.9. The number of rotatable bonds is 2. The van der Waals surface area contributed by atoms with E-state index in [0.29, 0.717) is 0 Å². The van der Waals surface area contributed by atoms with Crippen molar-refractivity contribution in [3.05, 3.63) is 155 Å². The highest BCUT2D eigenvalue weighted by Gasteiger charge is 2.42. The highest BCUT2D eigenvalue weighted by Crippen LogP contribution is 2.56. The van der Waals surface area contributed by atoms with Crippen LogP contribution < -0.4 is 4.74 Å². The third-order valence-electron chi connectivity index (χ3n) is 9.38. The lowest BCUT2D eigenvalue weighted by molar-refractivity contribution is 0.428. The quantitative estimate of drug-likeness (QED) is 0.223. The molecule has 1 aliphatic carbocycles. The largest absolute Gasteiger partial charge is 0.457 e. The summed E-state index contributed by atoms with van der Waals surface area (Å²) in [6.07, 6.45) is 0. The van der Waals surface area contributed by atoms with Gasteiger partial charge in [0.25, 0.3) is 0 Å². The smallest absolute Gasteiger partial charge is 0.132 e. The van der Waals surface area contributed by atoms with Crippen LogP contribution in [0.25, 0.3) is 33.0 Å². The topological polar surface area (TPSA) is 9.23 Å². The van der Waals surface area contributed by atoms with Crippen LogP contribution in [-0.2, 0) is 10.8 Å². The van der Waals surface area contributed by atoms with Crippen LogP contribution in [-0.4, -0.2) is 0 Å². The van der Waals surface area contributed by atoms with E-state index in [4.69, 9.17) is 4.74 Å². The highest BCUT2D eigenvalue weighted by molar-refractivity contribution is 5.94. The van der Waals surface area contributed by atoms with Gasteiger partial charge in [-0.05, 0) is 87.0 Å². The van der Waals surface area contributed by atoms with Gasteiger partial charge < -0.3 is 4.74 Å². The van der Waals surface area contributed by atoms with Crippen LogP contribution in [0, 0.1) is 0 Å². The number of hydrogen-bond acceptors (Lipinski definition) is 1. The van der Waals surface area contributed by atoms with Gasteiger partial charge in [-0.1, -0.05) is 111 Å². The average Bonchev–Trinajstić information content (AvgIpc) is 3.21. The van der Waals surface area contributed by atoms with Crippen LogP contribution in [0.2, 0.25) is 0 Å². The van der Waals surface area contributed by atoms with Crippen LogP contribution in [0.4, 0.5) is 0 Å². The van der Waals surface area contributed by atoms with E-state index in [2.05, 4.69) is 148 Å². The maximum atomic E-state index is 6.58. The lowest BCUT2D eigenvalue weighted by Gasteiger charge is -2.39. The van der Waals surface area contributed by atoms with Crippen molar-refractivity contribution in [1.29, 1.82) is 0 Å². The van der Waals surface area contributed by atoms with E-state index in [1.165, 1.54) is 60.8 Å². The van der Waals surface area contributed by atoms with E-state index in [9.17, 15) is 0 Å². The van der Waals surface area contributed by atoms with Crippen molar-refractivity contribution in [3.63, 3.8) is 0 Å². The predicted molar refractivity (Wildman–Crippen MR) is 165 cm³/mol. The van der Waals surface area contributed by atoms with Gasteiger partial charge in [0.15, 0.2) is 0 Å². The SMILES string of the molecule is CC1(C)c2cc(-c3cccc4c3C(C)(c3ccccc3)c3ccccc3O4)ccc2-c2cc3ccccc3cc21. The molecule has 0 amide bonds. The lowest BCUT2D eigenvalue weighted by Crippen LogP contribution is -2.30. The van der Waals surface area contributed by atoms with E-state index in [1.807, 2.05) is 0 Å². The molecule has 0 fully saturated rings. The van der Waals surface area contributed by atoms with Crippen LogP contribution in [0.15, 0.2) is 127 Å². The molecular weight excluding hydrogens is 484 g/mol. The van der Waals surface area contributed by atoms with E-state index >= 15 is 0 Å². The molecule has 1 nitrogen and oxygen atoms in total. The van der Waals surface area contributed by atoms with Crippen molar-refractivity contribution in [3.8, 4) is 33.8 Å². The number of ether oxygens (including phenoxy) is 1. The fourth-order valence-electron chi connectivity index (χ4n) is 7.25. The molecule has 0 bridgehead atoms.